The van der Waals surface area contributed by atoms with Crippen molar-refractivity contribution >= 4 is 27.5 Å². The number of likely N-dealkylation sites (tertiary alicyclic amines) is 2. The predicted molar refractivity (Wildman–Crippen MR) is 131 cm³/mol. The molecule has 2 aromatic carbocycles. The van der Waals surface area contributed by atoms with Gasteiger partial charge in [-0.3, -0.25) is 9.69 Å². The highest BCUT2D eigenvalue weighted by atomic mass is 32.1. The van der Waals surface area contributed by atoms with Crippen LogP contribution in [0.15, 0.2) is 42.5 Å². The molecule has 0 bridgehead atoms. The number of nitrogens with zero attached hydrogens (tertiary/aromatic N) is 3. The lowest BCUT2D eigenvalue weighted by Crippen LogP contribution is -2.43. The maximum Gasteiger partial charge on any atom is 0.237 e. The Hall–Kier alpha value is -2.64. The van der Waals surface area contributed by atoms with Gasteiger partial charge in [0.15, 0.2) is 0 Å². The van der Waals surface area contributed by atoms with Gasteiger partial charge in [0.1, 0.15) is 11.5 Å². The van der Waals surface area contributed by atoms with E-state index in [0.29, 0.717) is 12.5 Å². The van der Waals surface area contributed by atoms with E-state index in [1.807, 2.05) is 29.2 Å². The summed E-state index contributed by atoms with van der Waals surface area (Å²) < 4.78 is 12.3. The number of carbonyl (C=O) groups excluding carboxylic acids is 1. The lowest BCUT2D eigenvalue weighted by atomic mass is 9.98. The minimum absolute atomic E-state index is 0.0346. The Balaban J connectivity index is 1.28. The van der Waals surface area contributed by atoms with Gasteiger partial charge in [0.25, 0.3) is 0 Å². The van der Waals surface area contributed by atoms with Crippen molar-refractivity contribution < 1.29 is 14.3 Å². The van der Waals surface area contributed by atoms with Crippen LogP contribution < -0.4 is 9.47 Å². The fourth-order valence-corrected chi connectivity index (χ4v) is 6.33. The predicted octanol–water partition coefficient (Wildman–Crippen LogP) is 4.86. The molecule has 3 heterocycles. The van der Waals surface area contributed by atoms with Crippen molar-refractivity contribution in [1.82, 2.24) is 14.8 Å². The maximum absolute atomic E-state index is 13.4. The number of aromatic nitrogens is 1. The second kappa shape index (κ2) is 9.69. The number of hydrogen-bond donors (Lipinski definition) is 0. The number of rotatable bonds is 6. The zero-order valence-electron chi connectivity index (χ0n) is 19.3. The first-order chi connectivity index (χ1) is 16.2. The van der Waals surface area contributed by atoms with Crippen molar-refractivity contribution in [3.05, 3.63) is 53.0 Å². The molecule has 0 aliphatic carbocycles. The second-order valence-electron chi connectivity index (χ2n) is 8.95. The van der Waals surface area contributed by atoms with Crippen LogP contribution in [0.4, 0.5) is 0 Å². The Labute approximate surface area is 199 Å². The number of piperidine rings is 1. The molecule has 3 aromatic rings. The minimum atomic E-state index is 0.0346. The Morgan fingerprint density at radius 1 is 1.09 bits per heavy atom. The highest BCUT2D eigenvalue weighted by Crippen LogP contribution is 2.39. The summed E-state index contributed by atoms with van der Waals surface area (Å²) in [4.78, 5) is 22.7. The molecule has 2 aliphatic rings. The van der Waals surface area contributed by atoms with Crippen molar-refractivity contribution in [2.24, 2.45) is 0 Å². The number of benzene rings is 2. The molecule has 7 heteroatoms. The number of methoxy groups -OCH3 is 2. The van der Waals surface area contributed by atoms with E-state index in [-0.39, 0.29) is 11.9 Å². The van der Waals surface area contributed by atoms with Crippen molar-refractivity contribution in [3.8, 4) is 11.5 Å². The van der Waals surface area contributed by atoms with E-state index >= 15 is 0 Å². The third-order valence-electron chi connectivity index (χ3n) is 6.89. The third-order valence-corrected chi connectivity index (χ3v) is 8.09. The first kappa shape index (κ1) is 22.2. The van der Waals surface area contributed by atoms with Crippen LogP contribution in [0.3, 0.4) is 0 Å². The molecule has 1 aromatic heterocycles. The van der Waals surface area contributed by atoms with E-state index in [0.717, 1.165) is 67.9 Å². The van der Waals surface area contributed by atoms with Crippen LogP contribution in [0.1, 0.15) is 48.2 Å². The second-order valence-corrected chi connectivity index (χ2v) is 10.0. The number of amides is 1. The van der Waals surface area contributed by atoms with E-state index in [1.54, 1.807) is 25.6 Å². The smallest absolute Gasteiger partial charge is 0.237 e. The molecule has 2 saturated heterocycles. The quantitative estimate of drug-likeness (QED) is 0.521. The molecule has 0 radical (unpaired) electrons. The number of carbonyl (C=O) groups is 1. The maximum atomic E-state index is 13.4. The van der Waals surface area contributed by atoms with E-state index in [2.05, 4.69) is 23.1 Å². The first-order valence-corrected chi connectivity index (χ1v) is 12.6. The van der Waals surface area contributed by atoms with Crippen molar-refractivity contribution in [1.29, 1.82) is 0 Å². The zero-order valence-corrected chi connectivity index (χ0v) is 20.1. The molecule has 0 spiro atoms. The molecule has 0 N–H and O–H groups in total. The number of ether oxygens (including phenoxy) is 2. The summed E-state index contributed by atoms with van der Waals surface area (Å²) in [6.45, 7) is 3.11. The summed E-state index contributed by atoms with van der Waals surface area (Å²) in [5, 5.41) is 1.20. The van der Waals surface area contributed by atoms with Crippen molar-refractivity contribution in [2.75, 3.05) is 40.4 Å². The van der Waals surface area contributed by atoms with Crippen LogP contribution in [-0.2, 0) is 4.79 Å². The minimum Gasteiger partial charge on any atom is -0.497 e. The van der Waals surface area contributed by atoms with Crippen molar-refractivity contribution in [2.45, 2.75) is 37.6 Å². The Kier molecular flexibility index (Phi) is 6.51. The van der Waals surface area contributed by atoms with Gasteiger partial charge in [-0.1, -0.05) is 12.1 Å². The summed E-state index contributed by atoms with van der Waals surface area (Å²) in [6.07, 6.45) is 4.19. The number of thiazole rings is 1. The average molecular weight is 466 g/mol. The number of hydrogen-bond acceptors (Lipinski definition) is 6. The normalized spacial score (nSPS) is 21.5. The van der Waals surface area contributed by atoms with Gasteiger partial charge in [0.05, 0.1) is 42.0 Å². The summed E-state index contributed by atoms with van der Waals surface area (Å²) in [7, 11) is 3.35. The summed E-state index contributed by atoms with van der Waals surface area (Å²) in [5.74, 6) is 2.21. The molecule has 5 rings (SSSR count). The number of para-hydroxylation sites is 1. The topological polar surface area (TPSA) is 54.9 Å². The van der Waals surface area contributed by atoms with E-state index in [1.165, 1.54) is 9.71 Å². The summed E-state index contributed by atoms with van der Waals surface area (Å²) in [6, 6.07) is 14.2. The monoisotopic (exact) mass is 465 g/mol. The Bertz CT molecular complexity index is 1100. The van der Waals surface area contributed by atoms with Gasteiger partial charge in [-0.05, 0) is 62.6 Å². The van der Waals surface area contributed by atoms with E-state index < -0.39 is 0 Å². The molecule has 2 atom stereocenters. The molecule has 0 unspecified atom stereocenters. The molecule has 2 aliphatic heterocycles. The first-order valence-electron chi connectivity index (χ1n) is 11.8. The van der Waals surface area contributed by atoms with Gasteiger partial charge in [0, 0.05) is 24.6 Å². The Morgan fingerprint density at radius 2 is 1.94 bits per heavy atom. The van der Waals surface area contributed by atoms with Gasteiger partial charge in [-0.25, -0.2) is 4.98 Å². The number of fused-ring (bicyclic) bond motifs is 1. The third kappa shape index (κ3) is 4.57. The van der Waals surface area contributed by atoms with Crippen LogP contribution in [0, 0.1) is 0 Å². The fraction of sp³-hybridized carbons (Fsp3) is 0.462. The lowest BCUT2D eigenvalue weighted by molar-refractivity contribution is -0.133. The molecule has 33 heavy (non-hydrogen) atoms. The molecular formula is C26H31N3O3S. The zero-order chi connectivity index (χ0) is 22.8. The molecular weight excluding hydrogens is 434 g/mol. The van der Waals surface area contributed by atoms with Gasteiger partial charge in [-0.2, -0.15) is 0 Å². The highest BCUT2D eigenvalue weighted by molar-refractivity contribution is 7.18. The van der Waals surface area contributed by atoms with Gasteiger partial charge >= 0.3 is 0 Å². The van der Waals surface area contributed by atoms with Crippen LogP contribution in [0.2, 0.25) is 0 Å². The van der Waals surface area contributed by atoms with E-state index in [4.69, 9.17) is 14.5 Å². The van der Waals surface area contributed by atoms with Gasteiger partial charge in [0.2, 0.25) is 5.91 Å². The van der Waals surface area contributed by atoms with Gasteiger partial charge < -0.3 is 14.4 Å². The van der Waals surface area contributed by atoms with Crippen LogP contribution in [0.25, 0.3) is 10.2 Å². The molecule has 174 valence electrons. The molecule has 2 fully saturated rings. The van der Waals surface area contributed by atoms with Crippen LogP contribution in [0.5, 0.6) is 11.5 Å². The standard InChI is InChI=1S/C26H31N3O3S/c1-31-19-11-12-23(32-2)20(15-19)22-9-6-14-29(22)25(30)17-28-13-5-7-18(16-28)26-27-21-8-3-4-10-24(21)33-26/h3-4,8,10-12,15,18,22H,5-7,9,13-14,16-17H2,1-2H3/t18-,22+/m0/s1. The van der Waals surface area contributed by atoms with E-state index in [9.17, 15) is 4.79 Å². The van der Waals surface area contributed by atoms with Crippen LogP contribution >= 0.6 is 11.3 Å². The SMILES string of the molecule is COc1ccc(OC)c([C@H]2CCCN2C(=O)CN2CCC[C@H](c3nc4ccccc4s3)C2)c1. The summed E-state index contributed by atoms with van der Waals surface area (Å²) in [5.41, 5.74) is 2.12. The summed E-state index contributed by atoms with van der Waals surface area (Å²) >= 11 is 1.80. The van der Waals surface area contributed by atoms with Crippen molar-refractivity contribution in [3.63, 3.8) is 0 Å². The Morgan fingerprint density at radius 3 is 2.76 bits per heavy atom. The largest absolute Gasteiger partial charge is 0.497 e. The molecule has 1 amide bonds. The molecule has 6 nitrogen and oxygen atoms in total. The molecule has 0 saturated carbocycles. The fourth-order valence-electron chi connectivity index (χ4n) is 5.24. The van der Waals surface area contributed by atoms with Crippen LogP contribution in [-0.4, -0.2) is 61.1 Å². The average Bonchev–Trinajstić information content (AvgIpc) is 3.51. The van der Waals surface area contributed by atoms with Gasteiger partial charge in [-0.15, -0.1) is 11.3 Å². The lowest BCUT2D eigenvalue weighted by Gasteiger charge is -2.34. The highest BCUT2D eigenvalue weighted by Gasteiger charge is 2.34.